The molecule has 4 N–H and O–H groups in total. The number of halogens is 1. The number of benzene rings is 3. The number of hydrogen-bond acceptors (Lipinski definition) is 5. The van der Waals surface area contributed by atoms with E-state index in [1.165, 1.54) is 24.3 Å². The lowest BCUT2D eigenvalue weighted by Gasteiger charge is -2.06. The zero-order chi connectivity index (χ0) is 26.5. The summed E-state index contributed by atoms with van der Waals surface area (Å²) >= 11 is 6.19. The van der Waals surface area contributed by atoms with E-state index in [0.717, 1.165) is 16.7 Å². The van der Waals surface area contributed by atoms with E-state index in [1.807, 2.05) is 60.7 Å². The number of hydrazone groups is 1. The molecule has 0 saturated carbocycles. The molecule has 9 heteroatoms. The number of aliphatic hydroxyl groups is 1. The molecule has 8 nitrogen and oxygen atoms in total. The number of amides is 3. The molecule has 3 amide bonds. The van der Waals surface area contributed by atoms with Gasteiger partial charge in [0, 0.05) is 35.7 Å². The highest BCUT2D eigenvalue weighted by molar-refractivity contribution is 6.32. The molecular formula is C28H27ClN4O4. The summed E-state index contributed by atoms with van der Waals surface area (Å²) in [6.07, 6.45) is 5.52. The van der Waals surface area contributed by atoms with Crippen molar-refractivity contribution in [2.75, 3.05) is 19.7 Å². The fraction of sp³-hybridized carbons (Fsp3) is 0.143. The minimum absolute atomic E-state index is 0.102. The highest BCUT2D eigenvalue weighted by Crippen LogP contribution is 2.18. The molecule has 190 valence electrons. The molecule has 0 radical (unpaired) electrons. The van der Waals surface area contributed by atoms with Gasteiger partial charge in [0.1, 0.15) is 0 Å². The molecule has 0 bridgehead atoms. The lowest BCUT2D eigenvalue weighted by Crippen LogP contribution is -2.32. The maximum Gasteiger partial charge on any atom is 0.271 e. The maximum absolute atomic E-state index is 12.4. The van der Waals surface area contributed by atoms with Gasteiger partial charge >= 0.3 is 0 Å². The van der Waals surface area contributed by atoms with Crippen LogP contribution >= 0.6 is 11.6 Å². The van der Waals surface area contributed by atoms with E-state index >= 15 is 0 Å². The van der Waals surface area contributed by atoms with Crippen molar-refractivity contribution in [1.82, 2.24) is 16.1 Å². The first-order valence-electron chi connectivity index (χ1n) is 11.6. The van der Waals surface area contributed by atoms with Gasteiger partial charge in [-0.3, -0.25) is 14.4 Å². The zero-order valence-corrected chi connectivity index (χ0v) is 20.7. The van der Waals surface area contributed by atoms with E-state index in [4.69, 9.17) is 16.7 Å². The minimum Gasteiger partial charge on any atom is -0.395 e. The second-order valence-corrected chi connectivity index (χ2v) is 8.29. The summed E-state index contributed by atoms with van der Waals surface area (Å²) in [6, 6.07) is 21.3. The number of hydrogen-bond donors (Lipinski definition) is 4. The first-order valence-corrected chi connectivity index (χ1v) is 12.0. The van der Waals surface area contributed by atoms with Gasteiger partial charge in [-0.25, -0.2) is 5.43 Å². The van der Waals surface area contributed by atoms with Gasteiger partial charge in [0.2, 0.25) is 5.91 Å². The lowest BCUT2D eigenvalue weighted by molar-refractivity contribution is -0.121. The number of nitrogens with zero attached hydrogens (tertiary/aromatic N) is 1. The molecule has 3 aromatic carbocycles. The van der Waals surface area contributed by atoms with Gasteiger partial charge in [0.25, 0.3) is 11.8 Å². The summed E-state index contributed by atoms with van der Waals surface area (Å²) in [7, 11) is 0. The average Bonchev–Trinajstić information content (AvgIpc) is 2.91. The van der Waals surface area contributed by atoms with Crippen molar-refractivity contribution in [3.63, 3.8) is 0 Å². The Morgan fingerprint density at radius 2 is 1.51 bits per heavy atom. The zero-order valence-electron chi connectivity index (χ0n) is 20.0. The SMILES string of the molecule is O=C(CCNC(=O)c1ccc(C(=O)N/N=C/c2cccc(/C=C/c3ccccc3Cl)c2)cc1)NCCO. The molecule has 0 aliphatic heterocycles. The molecule has 3 rings (SSSR count). The Kier molecular flexibility index (Phi) is 10.6. The van der Waals surface area contributed by atoms with E-state index in [9.17, 15) is 14.4 Å². The van der Waals surface area contributed by atoms with Crippen molar-refractivity contribution in [2.45, 2.75) is 6.42 Å². The predicted molar refractivity (Wildman–Crippen MR) is 145 cm³/mol. The van der Waals surface area contributed by atoms with Crippen molar-refractivity contribution < 1.29 is 19.5 Å². The molecule has 0 unspecified atom stereocenters. The maximum atomic E-state index is 12.4. The Balaban J connectivity index is 1.50. The molecule has 0 aliphatic rings. The second-order valence-electron chi connectivity index (χ2n) is 7.88. The second kappa shape index (κ2) is 14.3. The van der Waals surface area contributed by atoms with E-state index in [0.29, 0.717) is 16.1 Å². The van der Waals surface area contributed by atoms with Gasteiger partial charge in [-0.1, -0.05) is 60.2 Å². The normalized spacial score (nSPS) is 11.0. The summed E-state index contributed by atoms with van der Waals surface area (Å²) in [6.45, 7) is 0.192. The van der Waals surface area contributed by atoms with Gasteiger partial charge in [0.05, 0.1) is 12.8 Å². The third kappa shape index (κ3) is 9.03. The summed E-state index contributed by atoms with van der Waals surface area (Å²) in [5.74, 6) is -1.04. The van der Waals surface area contributed by atoms with Crippen LogP contribution in [0.25, 0.3) is 12.2 Å². The van der Waals surface area contributed by atoms with Crippen LogP contribution in [0, 0.1) is 0 Å². The highest BCUT2D eigenvalue weighted by atomic mass is 35.5. The van der Waals surface area contributed by atoms with Gasteiger partial charge in [-0.2, -0.15) is 5.10 Å². The van der Waals surface area contributed by atoms with Crippen LogP contribution < -0.4 is 16.1 Å². The molecule has 0 heterocycles. The highest BCUT2D eigenvalue weighted by Gasteiger charge is 2.09. The van der Waals surface area contributed by atoms with Crippen molar-refractivity contribution >= 4 is 47.7 Å². The van der Waals surface area contributed by atoms with Crippen LogP contribution in [0.4, 0.5) is 0 Å². The van der Waals surface area contributed by atoms with Crippen LogP contribution in [0.15, 0.2) is 77.9 Å². The van der Waals surface area contributed by atoms with Crippen LogP contribution in [-0.4, -0.2) is 48.7 Å². The molecule has 3 aromatic rings. The van der Waals surface area contributed by atoms with Gasteiger partial charge < -0.3 is 15.7 Å². The Labute approximate surface area is 220 Å². The Bertz CT molecular complexity index is 1290. The number of carbonyl (C=O) groups is 3. The summed E-state index contributed by atoms with van der Waals surface area (Å²) in [4.78, 5) is 36.1. The van der Waals surface area contributed by atoms with Crippen LogP contribution in [0.1, 0.15) is 43.8 Å². The summed E-state index contributed by atoms with van der Waals surface area (Å²) < 4.78 is 0. The van der Waals surface area contributed by atoms with E-state index in [1.54, 1.807) is 6.21 Å². The predicted octanol–water partition coefficient (Wildman–Crippen LogP) is 3.50. The largest absolute Gasteiger partial charge is 0.395 e. The molecule has 0 saturated heterocycles. The molecule has 37 heavy (non-hydrogen) atoms. The molecule has 0 aromatic heterocycles. The molecule has 0 spiro atoms. The fourth-order valence-corrected chi connectivity index (χ4v) is 3.42. The lowest BCUT2D eigenvalue weighted by atomic mass is 10.1. The van der Waals surface area contributed by atoms with Crippen molar-refractivity contribution in [2.24, 2.45) is 5.10 Å². The van der Waals surface area contributed by atoms with Crippen molar-refractivity contribution in [3.8, 4) is 0 Å². The summed E-state index contributed by atoms with van der Waals surface area (Å²) in [5, 5.41) is 18.5. The van der Waals surface area contributed by atoms with Crippen molar-refractivity contribution in [1.29, 1.82) is 0 Å². The van der Waals surface area contributed by atoms with E-state index in [2.05, 4.69) is 21.2 Å². The van der Waals surface area contributed by atoms with Crippen LogP contribution in [0.2, 0.25) is 5.02 Å². The van der Waals surface area contributed by atoms with Gasteiger partial charge in [0.15, 0.2) is 0 Å². The van der Waals surface area contributed by atoms with Crippen LogP contribution in [-0.2, 0) is 4.79 Å². The molecular weight excluding hydrogens is 492 g/mol. The third-order valence-electron chi connectivity index (χ3n) is 5.13. The molecule has 0 atom stereocenters. The number of rotatable bonds is 11. The number of aliphatic hydroxyl groups excluding tert-OH is 1. The average molecular weight is 519 g/mol. The Morgan fingerprint density at radius 1 is 0.811 bits per heavy atom. The van der Waals surface area contributed by atoms with Gasteiger partial charge in [-0.15, -0.1) is 0 Å². The first-order chi connectivity index (χ1) is 18.0. The number of nitrogens with one attached hydrogen (secondary N) is 3. The summed E-state index contributed by atoms with van der Waals surface area (Å²) in [5.41, 5.74) is 5.85. The van der Waals surface area contributed by atoms with E-state index < -0.39 is 5.91 Å². The fourth-order valence-electron chi connectivity index (χ4n) is 3.22. The first kappa shape index (κ1) is 27.3. The Morgan fingerprint density at radius 3 is 2.24 bits per heavy atom. The van der Waals surface area contributed by atoms with Crippen molar-refractivity contribution in [3.05, 3.63) is 106 Å². The number of carbonyl (C=O) groups excluding carboxylic acids is 3. The molecule has 0 fully saturated rings. The van der Waals surface area contributed by atoms with E-state index in [-0.39, 0.29) is 37.9 Å². The topological polar surface area (TPSA) is 120 Å². The van der Waals surface area contributed by atoms with Crippen LogP contribution in [0.3, 0.4) is 0 Å². The Hall–Kier alpha value is -4.27. The third-order valence-corrected chi connectivity index (χ3v) is 5.48. The van der Waals surface area contributed by atoms with Crippen LogP contribution in [0.5, 0.6) is 0 Å². The monoisotopic (exact) mass is 518 g/mol. The van der Waals surface area contributed by atoms with Gasteiger partial charge in [-0.05, 0) is 53.1 Å². The standard InChI is InChI=1S/C28H27ClN4O4/c29-25-7-2-1-6-22(25)9-8-20-4-3-5-21(18-20)19-32-33-28(37)24-12-10-23(11-13-24)27(36)31-15-14-26(35)30-16-17-34/h1-13,18-19,34H,14-17H2,(H,30,35)(H,31,36)(H,33,37)/b9-8+,32-19+. The molecule has 0 aliphatic carbocycles. The quantitative estimate of drug-likeness (QED) is 0.176. The smallest absolute Gasteiger partial charge is 0.271 e. The minimum atomic E-state index is -0.418.